The number of nitrogens with zero attached hydrogens (tertiary/aromatic N) is 3. The van der Waals surface area contributed by atoms with Gasteiger partial charge in [-0.1, -0.05) is 18.2 Å². The molecule has 0 unspecified atom stereocenters. The summed E-state index contributed by atoms with van der Waals surface area (Å²) in [6.07, 6.45) is 3.41. The molecule has 3 rings (SSSR count). The first-order chi connectivity index (χ1) is 13.9. The lowest BCUT2D eigenvalue weighted by Crippen LogP contribution is -2.39. The van der Waals surface area contributed by atoms with Gasteiger partial charge in [-0.25, -0.2) is 4.79 Å². The molecule has 7 nitrogen and oxygen atoms in total. The topological polar surface area (TPSA) is 88.5 Å². The molecule has 0 radical (unpaired) electrons. The highest BCUT2D eigenvalue weighted by Gasteiger charge is 2.27. The van der Waals surface area contributed by atoms with Crippen LogP contribution in [0.4, 0.5) is 5.69 Å². The highest BCUT2D eigenvalue weighted by Crippen LogP contribution is 2.26. The van der Waals surface area contributed by atoms with Crippen LogP contribution in [0.25, 0.3) is 5.88 Å². The number of carbonyl (C=O) groups is 2. The van der Waals surface area contributed by atoms with E-state index in [2.05, 4.69) is 0 Å². The molecule has 2 heterocycles. The molecule has 0 bridgehead atoms. The fraction of sp³-hybridized carbons (Fsp3) is 0.227. The van der Waals surface area contributed by atoms with Crippen LogP contribution in [0.5, 0.6) is 0 Å². The molecule has 1 amide bonds. The lowest BCUT2D eigenvalue weighted by atomic mass is 10.1. The zero-order valence-corrected chi connectivity index (χ0v) is 16.5. The summed E-state index contributed by atoms with van der Waals surface area (Å²) in [6.45, 7) is 4.89. The van der Waals surface area contributed by atoms with Crippen LogP contribution in [0.15, 0.2) is 59.3 Å². The van der Waals surface area contributed by atoms with E-state index in [-0.39, 0.29) is 34.7 Å². The van der Waals surface area contributed by atoms with Gasteiger partial charge in [0.15, 0.2) is 6.61 Å². The van der Waals surface area contributed by atoms with Crippen LogP contribution in [-0.2, 0) is 9.53 Å². The Bertz CT molecular complexity index is 1040. The molecule has 0 aliphatic rings. The summed E-state index contributed by atoms with van der Waals surface area (Å²) in [5.41, 5.74) is 0.815. The van der Waals surface area contributed by atoms with Crippen molar-refractivity contribution in [2.45, 2.75) is 26.8 Å². The third-order valence-corrected chi connectivity index (χ3v) is 4.37. The number of amides is 1. The van der Waals surface area contributed by atoms with Gasteiger partial charge in [-0.3, -0.25) is 9.36 Å². The van der Waals surface area contributed by atoms with Crippen molar-refractivity contribution in [3.05, 3.63) is 71.7 Å². The third kappa shape index (κ3) is 4.06. The molecule has 0 saturated heterocycles. The van der Waals surface area contributed by atoms with Crippen molar-refractivity contribution in [3.8, 4) is 12.0 Å². The number of carbonyl (C=O) groups excluding carboxylic acids is 2. The molecule has 2 aromatic heterocycles. The lowest BCUT2D eigenvalue weighted by Gasteiger charge is -2.26. The number of anilines is 1. The number of furan rings is 1. The summed E-state index contributed by atoms with van der Waals surface area (Å²) in [5.74, 6) is -0.635. The number of hydrogen-bond acceptors (Lipinski definition) is 5. The second-order valence-electron chi connectivity index (χ2n) is 6.68. The van der Waals surface area contributed by atoms with Crippen molar-refractivity contribution >= 4 is 17.6 Å². The van der Waals surface area contributed by atoms with E-state index < -0.39 is 12.6 Å². The van der Waals surface area contributed by atoms with Gasteiger partial charge < -0.3 is 14.1 Å². The molecule has 0 saturated carbocycles. The SMILES string of the molecule is Cc1oc(-n2cccc2)c(C#N)c1C(=O)OCC(=O)N(c1ccccc1)C(C)C. The van der Waals surface area contributed by atoms with E-state index in [1.54, 1.807) is 40.9 Å². The predicted octanol–water partition coefficient (Wildman–Crippen LogP) is 3.85. The van der Waals surface area contributed by atoms with Crippen LogP contribution < -0.4 is 4.90 Å². The Labute approximate surface area is 168 Å². The zero-order valence-electron chi connectivity index (χ0n) is 16.5. The largest absolute Gasteiger partial charge is 0.452 e. The number of ether oxygens (including phenoxy) is 1. The molecule has 0 spiro atoms. The average Bonchev–Trinajstić information content (AvgIpc) is 3.34. The Hall–Kier alpha value is -3.79. The maximum Gasteiger partial charge on any atom is 0.343 e. The Kier molecular flexibility index (Phi) is 5.84. The molecule has 0 aliphatic heterocycles. The first kappa shape index (κ1) is 20.0. The van der Waals surface area contributed by atoms with Crippen molar-refractivity contribution in [2.24, 2.45) is 0 Å². The fourth-order valence-electron chi connectivity index (χ4n) is 3.12. The molecule has 0 fully saturated rings. The van der Waals surface area contributed by atoms with Gasteiger partial charge >= 0.3 is 5.97 Å². The monoisotopic (exact) mass is 391 g/mol. The minimum atomic E-state index is -0.772. The first-order valence-corrected chi connectivity index (χ1v) is 9.15. The molecule has 0 N–H and O–H groups in total. The number of nitriles is 1. The quantitative estimate of drug-likeness (QED) is 0.596. The Morgan fingerprint density at radius 2 is 1.83 bits per heavy atom. The van der Waals surface area contributed by atoms with E-state index >= 15 is 0 Å². The van der Waals surface area contributed by atoms with Crippen LogP contribution in [0, 0.1) is 18.3 Å². The Morgan fingerprint density at radius 3 is 2.41 bits per heavy atom. The average molecular weight is 391 g/mol. The molecular formula is C22H21N3O4. The summed E-state index contributed by atoms with van der Waals surface area (Å²) in [6, 6.07) is 14.6. The van der Waals surface area contributed by atoms with Crippen LogP contribution >= 0.6 is 0 Å². The standard InChI is InChI=1S/C22H21N3O4/c1-15(2)25(17-9-5-4-6-10-17)19(26)14-28-22(27)20-16(3)29-21(18(20)13-23)24-11-7-8-12-24/h4-12,15H,14H2,1-3H3. The molecule has 0 atom stereocenters. The molecule has 3 aromatic rings. The zero-order chi connectivity index (χ0) is 21.0. The Morgan fingerprint density at radius 1 is 1.17 bits per heavy atom. The second-order valence-corrected chi connectivity index (χ2v) is 6.68. The summed E-state index contributed by atoms with van der Waals surface area (Å²) in [7, 11) is 0. The fourth-order valence-corrected chi connectivity index (χ4v) is 3.12. The lowest BCUT2D eigenvalue weighted by molar-refractivity contribution is -0.122. The number of hydrogen-bond donors (Lipinski definition) is 0. The number of aromatic nitrogens is 1. The van der Waals surface area contributed by atoms with Gasteiger partial charge in [-0.2, -0.15) is 5.26 Å². The number of benzene rings is 1. The molecule has 148 valence electrons. The van der Waals surface area contributed by atoms with E-state index in [1.807, 2.05) is 50.2 Å². The van der Waals surface area contributed by atoms with E-state index in [0.717, 1.165) is 5.69 Å². The van der Waals surface area contributed by atoms with E-state index in [0.29, 0.717) is 0 Å². The van der Waals surface area contributed by atoms with Crippen LogP contribution in [0.1, 0.15) is 35.5 Å². The third-order valence-electron chi connectivity index (χ3n) is 4.37. The first-order valence-electron chi connectivity index (χ1n) is 9.15. The summed E-state index contributed by atoms with van der Waals surface area (Å²) in [5, 5.41) is 9.54. The number of rotatable bonds is 6. The van der Waals surface area contributed by atoms with Gasteiger partial charge in [-0.05, 0) is 45.0 Å². The van der Waals surface area contributed by atoms with Crippen molar-refractivity contribution in [1.29, 1.82) is 5.26 Å². The normalized spacial score (nSPS) is 10.6. The van der Waals surface area contributed by atoms with Gasteiger partial charge in [0.2, 0.25) is 5.88 Å². The molecule has 29 heavy (non-hydrogen) atoms. The molecule has 1 aromatic carbocycles. The Balaban J connectivity index is 1.79. The summed E-state index contributed by atoms with van der Waals surface area (Å²) in [4.78, 5) is 26.9. The van der Waals surface area contributed by atoms with Gasteiger partial charge in [-0.15, -0.1) is 0 Å². The van der Waals surface area contributed by atoms with E-state index in [4.69, 9.17) is 9.15 Å². The van der Waals surface area contributed by atoms with Crippen LogP contribution in [0.3, 0.4) is 0 Å². The van der Waals surface area contributed by atoms with Crippen molar-refractivity contribution < 1.29 is 18.7 Å². The smallest absolute Gasteiger partial charge is 0.343 e. The minimum Gasteiger partial charge on any atom is -0.452 e. The van der Waals surface area contributed by atoms with Gasteiger partial charge in [0.1, 0.15) is 23.0 Å². The predicted molar refractivity (Wildman–Crippen MR) is 107 cm³/mol. The van der Waals surface area contributed by atoms with E-state index in [9.17, 15) is 14.9 Å². The van der Waals surface area contributed by atoms with Gasteiger partial charge in [0, 0.05) is 24.1 Å². The second kappa shape index (κ2) is 8.48. The molecular weight excluding hydrogens is 370 g/mol. The van der Waals surface area contributed by atoms with Gasteiger partial charge in [0.05, 0.1) is 0 Å². The van der Waals surface area contributed by atoms with Crippen LogP contribution in [-0.4, -0.2) is 29.1 Å². The maximum absolute atomic E-state index is 12.7. The minimum absolute atomic E-state index is 0.0276. The molecule has 7 heteroatoms. The van der Waals surface area contributed by atoms with Crippen LogP contribution in [0.2, 0.25) is 0 Å². The van der Waals surface area contributed by atoms with E-state index in [1.165, 1.54) is 0 Å². The van der Waals surface area contributed by atoms with Crippen molar-refractivity contribution in [2.75, 3.05) is 11.5 Å². The summed E-state index contributed by atoms with van der Waals surface area (Å²) < 4.78 is 12.5. The number of esters is 1. The highest BCUT2D eigenvalue weighted by atomic mass is 16.5. The number of aryl methyl sites for hydroxylation is 1. The number of para-hydroxylation sites is 1. The maximum atomic E-state index is 12.7. The summed E-state index contributed by atoms with van der Waals surface area (Å²) >= 11 is 0. The molecule has 0 aliphatic carbocycles. The van der Waals surface area contributed by atoms with Crippen molar-refractivity contribution in [1.82, 2.24) is 4.57 Å². The van der Waals surface area contributed by atoms with Gasteiger partial charge in [0.25, 0.3) is 5.91 Å². The van der Waals surface area contributed by atoms with Crippen molar-refractivity contribution in [3.63, 3.8) is 0 Å². The highest BCUT2D eigenvalue weighted by molar-refractivity contribution is 5.99.